The van der Waals surface area contributed by atoms with Gasteiger partial charge in [-0.05, 0) is 32.1 Å². The summed E-state index contributed by atoms with van der Waals surface area (Å²) in [6.45, 7) is 2.71. The first kappa shape index (κ1) is 15.1. The molecule has 0 aliphatic carbocycles. The molecule has 0 saturated carbocycles. The summed E-state index contributed by atoms with van der Waals surface area (Å²) in [6, 6.07) is 0.291. The first-order chi connectivity index (χ1) is 9.63. The van der Waals surface area contributed by atoms with Crippen LogP contribution >= 0.6 is 0 Å². The molecule has 2 saturated heterocycles. The molecule has 3 amide bonds. The van der Waals surface area contributed by atoms with Crippen molar-refractivity contribution in [2.45, 2.75) is 38.1 Å². The lowest BCUT2D eigenvalue weighted by Crippen LogP contribution is -2.52. The van der Waals surface area contributed by atoms with Crippen molar-refractivity contribution in [3.05, 3.63) is 0 Å². The van der Waals surface area contributed by atoms with E-state index in [0.717, 1.165) is 38.8 Å². The summed E-state index contributed by atoms with van der Waals surface area (Å²) in [4.78, 5) is 29.3. The van der Waals surface area contributed by atoms with Crippen molar-refractivity contribution in [2.24, 2.45) is 0 Å². The van der Waals surface area contributed by atoms with Crippen molar-refractivity contribution in [3.63, 3.8) is 0 Å². The van der Waals surface area contributed by atoms with Gasteiger partial charge in [0.25, 0.3) is 0 Å². The van der Waals surface area contributed by atoms with Crippen LogP contribution in [0.1, 0.15) is 32.1 Å². The molecule has 2 rings (SSSR count). The Morgan fingerprint density at radius 3 is 2.15 bits per heavy atom. The van der Waals surface area contributed by atoms with Gasteiger partial charge in [0, 0.05) is 39.3 Å². The fourth-order valence-electron chi connectivity index (χ4n) is 3.04. The van der Waals surface area contributed by atoms with E-state index in [4.69, 9.17) is 5.11 Å². The molecule has 0 aromatic carbocycles. The van der Waals surface area contributed by atoms with Gasteiger partial charge in [-0.3, -0.25) is 4.79 Å². The van der Waals surface area contributed by atoms with Crippen LogP contribution < -0.4 is 0 Å². The van der Waals surface area contributed by atoms with Gasteiger partial charge in [0.15, 0.2) is 0 Å². The van der Waals surface area contributed by atoms with E-state index in [0.29, 0.717) is 13.1 Å². The summed E-state index contributed by atoms with van der Waals surface area (Å²) in [7, 11) is 1.73. The van der Waals surface area contributed by atoms with Gasteiger partial charge in [0.2, 0.25) is 5.91 Å². The number of piperidine rings is 2. The average Bonchev–Trinajstić information content (AvgIpc) is 2.53. The van der Waals surface area contributed by atoms with E-state index in [2.05, 4.69) is 0 Å². The first-order valence-electron chi connectivity index (χ1n) is 7.54. The molecule has 0 aromatic heterocycles. The second kappa shape index (κ2) is 6.92. The SMILES string of the molecule is CN(C(=O)CO)C1CCN(C(=O)N2CCCCC2)CC1. The molecule has 0 bridgehead atoms. The van der Waals surface area contributed by atoms with Gasteiger partial charge < -0.3 is 19.8 Å². The lowest BCUT2D eigenvalue weighted by atomic mass is 10.0. The Morgan fingerprint density at radius 1 is 1.05 bits per heavy atom. The van der Waals surface area contributed by atoms with E-state index in [9.17, 15) is 9.59 Å². The van der Waals surface area contributed by atoms with Crippen molar-refractivity contribution >= 4 is 11.9 Å². The van der Waals surface area contributed by atoms with E-state index >= 15 is 0 Å². The fourth-order valence-corrected chi connectivity index (χ4v) is 3.04. The lowest BCUT2D eigenvalue weighted by molar-refractivity contribution is -0.135. The van der Waals surface area contributed by atoms with Crippen LogP contribution in [0.15, 0.2) is 0 Å². The molecule has 6 nitrogen and oxygen atoms in total. The van der Waals surface area contributed by atoms with Crippen LogP contribution in [0.3, 0.4) is 0 Å². The van der Waals surface area contributed by atoms with Crippen LogP contribution in [0.2, 0.25) is 0 Å². The summed E-state index contributed by atoms with van der Waals surface area (Å²) in [5.74, 6) is -0.245. The normalized spacial score (nSPS) is 20.9. The molecule has 2 heterocycles. The maximum Gasteiger partial charge on any atom is 0.319 e. The van der Waals surface area contributed by atoms with Gasteiger partial charge >= 0.3 is 6.03 Å². The Labute approximate surface area is 120 Å². The molecule has 0 aromatic rings. The minimum Gasteiger partial charge on any atom is -0.387 e. The van der Waals surface area contributed by atoms with Crippen LogP contribution in [-0.4, -0.2) is 77.6 Å². The van der Waals surface area contributed by atoms with E-state index in [1.807, 2.05) is 9.80 Å². The van der Waals surface area contributed by atoms with Crippen LogP contribution in [0.5, 0.6) is 0 Å². The zero-order chi connectivity index (χ0) is 14.5. The minimum absolute atomic E-state index is 0.139. The predicted octanol–water partition coefficient (Wildman–Crippen LogP) is 0.507. The number of likely N-dealkylation sites (N-methyl/N-ethyl adjacent to an activating group) is 1. The van der Waals surface area contributed by atoms with Crippen molar-refractivity contribution < 1.29 is 14.7 Å². The minimum atomic E-state index is -0.441. The van der Waals surface area contributed by atoms with Gasteiger partial charge in [-0.15, -0.1) is 0 Å². The Hall–Kier alpha value is -1.30. The average molecular weight is 283 g/mol. The molecule has 0 spiro atoms. The number of amides is 3. The van der Waals surface area contributed by atoms with Crippen molar-refractivity contribution in [1.82, 2.24) is 14.7 Å². The molecule has 0 atom stereocenters. The number of nitrogens with zero attached hydrogens (tertiary/aromatic N) is 3. The Kier molecular flexibility index (Phi) is 5.23. The molecule has 2 fully saturated rings. The monoisotopic (exact) mass is 283 g/mol. The van der Waals surface area contributed by atoms with E-state index < -0.39 is 6.61 Å². The number of hydrogen-bond acceptors (Lipinski definition) is 3. The molecule has 20 heavy (non-hydrogen) atoms. The number of likely N-dealkylation sites (tertiary alicyclic amines) is 2. The van der Waals surface area contributed by atoms with E-state index in [-0.39, 0.29) is 18.0 Å². The van der Waals surface area contributed by atoms with Crippen LogP contribution in [0.25, 0.3) is 0 Å². The van der Waals surface area contributed by atoms with E-state index in [1.54, 1.807) is 11.9 Å². The zero-order valence-corrected chi connectivity index (χ0v) is 12.3. The highest BCUT2D eigenvalue weighted by atomic mass is 16.3. The maximum absolute atomic E-state index is 12.4. The highest BCUT2D eigenvalue weighted by molar-refractivity contribution is 5.77. The van der Waals surface area contributed by atoms with Crippen LogP contribution in [-0.2, 0) is 4.79 Å². The molecule has 0 unspecified atom stereocenters. The molecule has 2 aliphatic rings. The number of carbonyl (C=O) groups excluding carboxylic acids is 2. The molecular weight excluding hydrogens is 258 g/mol. The lowest BCUT2D eigenvalue weighted by Gasteiger charge is -2.39. The number of hydrogen-bond donors (Lipinski definition) is 1. The second-order valence-corrected chi connectivity index (χ2v) is 5.71. The summed E-state index contributed by atoms with van der Waals surface area (Å²) in [5.41, 5.74) is 0. The third-order valence-electron chi connectivity index (χ3n) is 4.44. The van der Waals surface area contributed by atoms with Crippen molar-refractivity contribution in [1.29, 1.82) is 0 Å². The third-order valence-corrected chi connectivity index (χ3v) is 4.44. The van der Waals surface area contributed by atoms with Gasteiger partial charge in [0.05, 0.1) is 0 Å². The fraction of sp³-hybridized carbons (Fsp3) is 0.857. The summed E-state index contributed by atoms with van der Waals surface area (Å²) in [6.07, 6.45) is 5.02. The number of aliphatic hydroxyl groups is 1. The van der Waals surface area contributed by atoms with Gasteiger partial charge in [-0.25, -0.2) is 4.79 Å². The smallest absolute Gasteiger partial charge is 0.319 e. The van der Waals surface area contributed by atoms with Crippen molar-refractivity contribution in [2.75, 3.05) is 39.8 Å². The number of urea groups is 1. The Balaban J connectivity index is 1.81. The topological polar surface area (TPSA) is 64.1 Å². The molecule has 6 heteroatoms. The third kappa shape index (κ3) is 3.42. The molecule has 0 radical (unpaired) electrons. The number of aliphatic hydroxyl groups excluding tert-OH is 1. The standard InChI is InChI=1S/C14H25N3O3/c1-15(13(19)11-18)12-5-9-17(10-6-12)14(20)16-7-3-2-4-8-16/h12,18H,2-11H2,1H3. The predicted molar refractivity (Wildman–Crippen MR) is 75.3 cm³/mol. The number of carbonyl (C=O) groups is 2. The Bertz CT molecular complexity index is 348. The van der Waals surface area contributed by atoms with Crippen LogP contribution in [0.4, 0.5) is 4.79 Å². The van der Waals surface area contributed by atoms with Gasteiger partial charge in [-0.2, -0.15) is 0 Å². The van der Waals surface area contributed by atoms with Crippen molar-refractivity contribution in [3.8, 4) is 0 Å². The number of rotatable bonds is 2. The summed E-state index contributed by atoms with van der Waals surface area (Å²) < 4.78 is 0. The quantitative estimate of drug-likeness (QED) is 0.803. The van der Waals surface area contributed by atoms with Gasteiger partial charge in [-0.1, -0.05) is 0 Å². The largest absolute Gasteiger partial charge is 0.387 e. The molecular formula is C14H25N3O3. The summed E-state index contributed by atoms with van der Waals surface area (Å²) in [5, 5.41) is 8.88. The highest BCUT2D eigenvalue weighted by Gasteiger charge is 2.29. The van der Waals surface area contributed by atoms with E-state index in [1.165, 1.54) is 6.42 Å². The highest BCUT2D eigenvalue weighted by Crippen LogP contribution is 2.18. The summed E-state index contributed by atoms with van der Waals surface area (Å²) >= 11 is 0. The molecule has 114 valence electrons. The zero-order valence-electron chi connectivity index (χ0n) is 12.3. The van der Waals surface area contributed by atoms with Crippen LogP contribution in [0, 0.1) is 0 Å². The maximum atomic E-state index is 12.4. The second-order valence-electron chi connectivity index (χ2n) is 5.71. The molecule has 1 N–H and O–H groups in total. The first-order valence-corrected chi connectivity index (χ1v) is 7.54. The molecule has 2 aliphatic heterocycles. The van der Waals surface area contributed by atoms with Gasteiger partial charge in [0.1, 0.15) is 6.61 Å². The Morgan fingerprint density at radius 2 is 1.60 bits per heavy atom.